The van der Waals surface area contributed by atoms with Crippen molar-refractivity contribution in [3.8, 4) is 11.4 Å². The number of rotatable bonds is 16. The molecule has 0 aliphatic carbocycles. The zero-order chi connectivity index (χ0) is 50.8. The number of fused-ring (bicyclic) bond motifs is 5. The van der Waals surface area contributed by atoms with Gasteiger partial charge in [-0.3, -0.25) is 28.9 Å². The highest BCUT2D eigenvalue weighted by molar-refractivity contribution is 7.89. The van der Waals surface area contributed by atoms with E-state index in [9.17, 15) is 47.1 Å². The van der Waals surface area contributed by atoms with Gasteiger partial charge >= 0.3 is 12.1 Å². The van der Waals surface area contributed by atoms with Gasteiger partial charge in [0.15, 0.2) is 5.60 Å². The quantitative estimate of drug-likeness (QED) is 0.0672. The molecule has 0 spiro atoms. The number of carbonyl (C=O) groups excluding carboxylic acids is 5. The number of pyridine rings is 2. The van der Waals surface area contributed by atoms with Gasteiger partial charge in [0, 0.05) is 67.4 Å². The summed E-state index contributed by atoms with van der Waals surface area (Å²) in [6.07, 6.45) is -1.41. The average molecular weight is 996 g/mol. The Morgan fingerprint density at radius 1 is 0.873 bits per heavy atom. The lowest BCUT2D eigenvalue weighted by atomic mass is 9.86. The highest BCUT2D eigenvalue weighted by atomic mass is 32.2. The Labute approximate surface area is 405 Å². The molecule has 1 fully saturated rings. The lowest BCUT2D eigenvalue weighted by Crippen LogP contribution is -2.52. The highest BCUT2D eigenvalue weighted by Gasteiger charge is 2.45. The number of carbonyl (C=O) groups is 6. The van der Waals surface area contributed by atoms with E-state index < -0.39 is 88.4 Å². The van der Waals surface area contributed by atoms with Crippen molar-refractivity contribution in [2.45, 2.75) is 62.9 Å². The third-order valence-electron chi connectivity index (χ3n) is 12.8. The molecule has 5 aromatic rings. The molecule has 8 rings (SSSR count). The lowest BCUT2D eigenvalue weighted by molar-refractivity contribution is -0.172. The molecule has 21 nitrogen and oxygen atoms in total. The maximum absolute atomic E-state index is 15.1. The Balaban J connectivity index is 0.895. The lowest BCUT2D eigenvalue weighted by Gasteiger charge is -2.34. The molecule has 372 valence electrons. The Kier molecular flexibility index (Phi) is 14.3. The minimum Gasteiger partial charge on any atom is -0.465 e. The molecular formula is C48H50FN9O12S. The van der Waals surface area contributed by atoms with Gasteiger partial charge in [-0.05, 0) is 66.4 Å². The molecule has 3 aromatic carbocycles. The van der Waals surface area contributed by atoms with Crippen molar-refractivity contribution >= 4 is 62.3 Å². The van der Waals surface area contributed by atoms with Crippen LogP contribution in [0, 0.1) is 12.7 Å². The summed E-state index contributed by atoms with van der Waals surface area (Å²) in [4.78, 5) is 94.8. The normalized spacial score (nSPS) is 17.0. The summed E-state index contributed by atoms with van der Waals surface area (Å²) in [7, 11) is -4.00. The number of hydrogen-bond donors (Lipinski definition) is 7. The van der Waals surface area contributed by atoms with Crippen LogP contribution in [0.1, 0.15) is 46.7 Å². The van der Waals surface area contributed by atoms with Crippen molar-refractivity contribution in [2.75, 3.05) is 51.1 Å². The fourth-order valence-electron chi connectivity index (χ4n) is 8.88. The number of ether oxygens (including phenoxy) is 1. The Morgan fingerprint density at radius 2 is 1.56 bits per heavy atom. The number of amides is 5. The maximum atomic E-state index is 15.1. The molecule has 71 heavy (non-hydrogen) atoms. The molecule has 5 amide bonds. The Bertz CT molecular complexity index is 3150. The van der Waals surface area contributed by atoms with Crippen molar-refractivity contribution in [3.05, 3.63) is 122 Å². The second kappa shape index (κ2) is 20.4. The van der Waals surface area contributed by atoms with Crippen LogP contribution in [-0.2, 0) is 70.5 Å². The minimum atomic E-state index is -4.00. The van der Waals surface area contributed by atoms with Gasteiger partial charge in [-0.25, -0.2) is 27.4 Å². The fourth-order valence-corrected chi connectivity index (χ4v) is 10.3. The highest BCUT2D eigenvalue weighted by Crippen LogP contribution is 2.41. The summed E-state index contributed by atoms with van der Waals surface area (Å²) < 4.78 is 50.9. The molecule has 2 atom stereocenters. The number of aromatic nitrogens is 2. The molecule has 3 aliphatic heterocycles. The topological polar surface area (TPSA) is 288 Å². The van der Waals surface area contributed by atoms with E-state index in [1.807, 2.05) is 5.32 Å². The Hall–Kier alpha value is -7.60. The monoisotopic (exact) mass is 995 g/mol. The van der Waals surface area contributed by atoms with Crippen LogP contribution >= 0.6 is 0 Å². The zero-order valence-corrected chi connectivity index (χ0v) is 39.4. The predicted octanol–water partition coefficient (Wildman–Crippen LogP) is 1.20. The van der Waals surface area contributed by atoms with Gasteiger partial charge in [0.1, 0.15) is 18.5 Å². The molecule has 7 N–H and O–H groups in total. The minimum absolute atomic E-state index is 0.0190. The molecule has 0 saturated carbocycles. The number of piperazine rings is 1. The van der Waals surface area contributed by atoms with E-state index in [-0.39, 0.29) is 60.8 Å². The van der Waals surface area contributed by atoms with Gasteiger partial charge in [-0.1, -0.05) is 37.3 Å². The number of carboxylic acid groups (broad SMARTS) is 1. The number of aryl methyl sites for hydroxylation is 1. The number of hydrogen-bond acceptors (Lipinski definition) is 13. The number of nitrogens with one attached hydrogen (secondary N) is 5. The first-order valence-corrected chi connectivity index (χ1v) is 24.1. The molecular weight excluding hydrogens is 946 g/mol. The first-order valence-electron chi connectivity index (χ1n) is 22.6. The van der Waals surface area contributed by atoms with Crippen LogP contribution in [0.5, 0.6) is 0 Å². The van der Waals surface area contributed by atoms with E-state index in [1.54, 1.807) is 56.3 Å². The van der Waals surface area contributed by atoms with Gasteiger partial charge in [-0.15, -0.1) is 0 Å². The van der Waals surface area contributed by atoms with E-state index in [0.29, 0.717) is 58.6 Å². The molecule has 2 aromatic heterocycles. The smallest absolute Gasteiger partial charge is 0.405 e. The van der Waals surface area contributed by atoms with Crippen molar-refractivity contribution in [1.82, 2.24) is 40.0 Å². The van der Waals surface area contributed by atoms with E-state index >= 15 is 4.39 Å². The number of sulfonamides is 1. The number of anilines is 1. The van der Waals surface area contributed by atoms with Crippen molar-refractivity contribution < 1.29 is 56.5 Å². The predicted molar refractivity (Wildman–Crippen MR) is 252 cm³/mol. The molecule has 1 unspecified atom stereocenters. The van der Waals surface area contributed by atoms with Gasteiger partial charge in [-0.2, -0.15) is 4.31 Å². The molecule has 0 bridgehead atoms. The first-order chi connectivity index (χ1) is 33.9. The second-order valence-electron chi connectivity index (χ2n) is 17.4. The third kappa shape index (κ3) is 10.5. The van der Waals surface area contributed by atoms with Gasteiger partial charge in [0.25, 0.3) is 5.56 Å². The van der Waals surface area contributed by atoms with Crippen LogP contribution < -0.4 is 32.1 Å². The zero-order valence-electron chi connectivity index (χ0n) is 38.5. The average Bonchev–Trinajstić information content (AvgIpc) is 3.72. The molecule has 5 heterocycles. The molecule has 3 aliphatic rings. The summed E-state index contributed by atoms with van der Waals surface area (Å²) in [6.45, 7) is 2.67. The molecule has 0 radical (unpaired) electrons. The summed E-state index contributed by atoms with van der Waals surface area (Å²) in [5.74, 6) is -4.17. The van der Waals surface area contributed by atoms with E-state index in [0.717, 1.165) is 5.56 Å². The van der Waals surface area contributed by atoms with Crippen LogP contribution in [-0.4, -0.2) is 125 Å². The number of esters is 1. The van der Waals surface area contributed by atoms with Crippen molar-refractivity contribution in [3.63, 3.8) is 0 Å². The van der Waals surface area contributed by atoms with Crippen molar-refractivity contribution in [2.24, 2.45) is 0 Å². The van der Waals surface area contributed by atoms with Crippen LogP contribution in [0.2, 0.25) is 0 Å². The summed E-state index contributed by atoms with van der Waals surface area (Å²) in [5.41, 5.74) is 1.85. The number of halogens is 1. The molecule has 1 saturated heterocycles. The van der Waals surface area contributed by atoms with Gasteiger partial charge in [0.2, 0.25) is 33.7 Å². The largest absolute Gasteiger partial charge is 0.465 e. The van der Waals surface area contributed by atoms with E-state index in [4.69, 9.17) is 14.8 Å². The van der Waals surface area contributed by atoms with Crippen molar-refractivity contribution in [1.29, 1.82) is 0 Å². The second-order valence-corrected chi connectivity index (χ2v) is 19.3. The van der Waals surface area contributed by atoms with Crippen LogP contribution in [0.25, 0.3) is 22.3 Å². The third-order valence-corrected chi connectivity index (χ3v) is 14.7. The Morgan fingerprint density at radius 3 is 2.25 bits per heavy atom. The van der Waals surface area contributed by atoms with E-state index in [2.05, 4.69) is 26.2 Å². The summed E-state index contributed by atoms with van der Waals surface area (Å²) >= 11 is 0. The SMILES string of the molecule is CC[C@@]1(O)C(=O)OCc2c1cc1n(c2=O)Cc2c-1nc1cc(F)c(C)cc1c2CN1CCN(S(=O)(=O)c2ccc(NC(=O)CNC(=O)C(Cc3ccccc3)NC(=O)CNC(=O)CNC(=O)O)cc2)CC1. The maximum Gasteiger partial charge on any atom is 0.405 e. The van der Waals surface area contributed by atoms with Crippen LogP contribution in [0.15, 0.2) is 82.5 Å². The van der Waals surface area contributed by atoms with Gasteiger partial charge < -0.3 is 46.1 Å². The summed E-state index contributed by atoms with van der Waals surface area (Å²) in [6, 6.07) is 17.7. The number of aliphatic hydroxyl groups is 1. The fraction of sp³-hybridized carbons (Fsp3) is 0.333. The number of cyclic esters (lactones) is 1. The number of benzene rings is 3. The first kappa shape index (κ1) is 49.8. The van der Waals surface area contributed by atoms with Crippen LogP contribution in [0.3, 0.4) is 0 Å². The standard InChI is InChI=1S/C48H50FN9O12S/c1-3-48(67)35-19-39-43-33(25-58(39)45(63)34(35)26-70-46(48)64)32(31-17-27(2)36(49)20-37(31)55-43)24-56-13-15-57(16-14-56)71(68,69)30-11-9-29(10-12-30)53-41(60)23-51-44(62)38(18-28-7-5-4-6-8-28)54-42(61)22-50-40(59)21-52-47(65)66/h4-12,17,19-20,38,52,67H,3,13-16,18,21-26H2,1-2H3,(H,50,59)(H,51,62)(H,53,60)(H,54,61)(H,65,66)/t38?,48-/m0/s1. The van der Waals surface area contributed by atoms with Gasteiger partial charge in [0.05, 0.1) is 53.5 Å². The summed E-state index contributed by atoms with van der Waals surface area (Å²) in [5, 5.41) is 32.4. The van der Waals surface area contributed by atoms with E-state index in [1.165, 1.54) is 39.2 Å². The van der Waals surface area contributed by atoms with Crippen LogP contribution in [0.4, 0.5) is 14.9 Å². The molecule has 23 heteroatoms. The number of nitrogens with zero attached hydrogens (tertiary/aromatic N) is 4.